The highest BCUT2D eigenvalue weighted by molar-refractivity contribution is 7.99. The van der Waals surface area contributed by atoms with Gasteiger partial charge >= 0.3 is 12.4 Å². The maximum Gasteiger partial charge on any atom is 0.416 e. The lowest BCUT2D eigenvalue weighted by atomic mass is 9.84. The average molecular weight is 503 g/mol. The Bertz CT molecular complexity index is 973. The number of carbonyl (C=O) groups excluding carboxylic acids is 1. The van der Waals surface area contributed by atoms with E-state index < -0.39 is 35.0 Å². The maximum absolute atomic E-state index is 13.3. The summed E-state index contributed by atoms with van der Waals surface area (Å²) in [4.78, 5) is 17.0. The van der Waals surface area contributed by atoms with E-state index in [4.69, 9.17) is 0 Å². The van der Waals surface area contributed by atoms with Crippen LogP contribution in [0.3, 0.4) is 0 Å². The molecule has 2 atom stereocenters. The SMILES string of the molecule is O=C(c1cc(C(F)(F)F)cc(C(F)(F)F)c1)N1CC[C@H](N2CCSCC2)[C@H](c2ccccc2)C1. The number of benzene rings is 2. The van der Waals surface area contributed by atoms with Gasteiger partial charge in [0, 0.05) is 55.2 Å². The van der Waals surface area contributed by atoms with Crippen molar-refractivity contribution >= 4 is 17.7 Å². The molecule has 0 saturated carbocycles. The molecule has 4 rings (SSSR count). The first kappa shape index (κ1) is 24.9. The Balaban J connectivity index is 1.64. The fourth-order valence-electron chi connectivity index (χ4n) is 4.76. The van der Waals surface area contributed by atoms with Gasteiger partial charge in [-0.1, -0.05) is 30.3 Å². The van der Waals surface area contributed by atoms with Gasteiger partial charge in [0.25, 0.3) is 5.91 Å². The first-order valence-electron chi connectivity index (χ1n) is 11.0. The van der Waals surface area contributed by atoms with Crippen LogP contribution in [0.4, 0.5) is 26.3 Å². The van der Waals surface area contributed by atoms with Crippen molar-refractivity contribution in [1.82, 2.24) is 9.80 Å². The molecule has 2 aromatic carbocycles. The molecule has 0 unspecified atom stereocenters. The van der Waals surface area contributed by atoms with Crippen LogP contribution in [-0.2, 0) is 12.4 Å². The van der Waals surface area contributed by atoms with E-state index in [1.807, 2.05) is 42.1 Å². The fourth-order valence-corrected chi connectivity index (χ4v) is 5.69. The molecule has 2 saturated heterocycles. The van der Waals surface area contributed by atoms with Gasteiger partial charge < -0.3 is 4.90 Å². The lowest BCUT2D eigenvalue weighted by molar-refractivity contribution is -0.143. The average Bonchev–Trinajstić information content (AvgIpc) is 2.83. The number of rotatable bonds is 3. The van der Waals surface area contributed by atoms with Gasteiger partial charge in [0.1, 0.15) is 0 Å². The van der Waals surface area contributed by atoms with Crippen molar-refractivity contribution in [2.75, 3.05) is 37.7 Å². The molecule has 0 aliphatic carbocycles. The number of thioether (sulfide) groups is 1. The molecule has 1 amide bonds. The van der Waals surface area contributed by atoms with Gasteiger partial charge in [-0.2, -0.15) is 38.1 Å². The number of alkyl halides is 6. The van der Waals surface area contributed by atoms with Crippen molar-refractivity contribution in [3.05, 3.63) is 70.8 Å². The van der Waals surface area contributed by atoms with E-state index in [9.17, 15) is 31.1 Å². The molecule has 0 N–H and O–H groups in total. The van der Waals surface area contributed by atoms with Crippen LogP contribution in [-0.4, -0.2) is 59.4 Å². The van der Waals surface area contributed by atoms with Gasteiger partial charge in [0.2, 0.25) is 0 Å². The second kappa shape index (κ2) is 9.81. The highest BCUT2D eigenvalue weighted by Gasteiger charge is 2.40. The molecular formula is C24H24F6N2OS. The van der Waals surface area contributed by atoms with Gasteiger partial charge in [-0.3, -0.25) is 9.69 Å². The van der Waals surface area contributed by atoms with E-state index in [0.29, 0.717) is 18.6 Å². The Morgan fingerprint density at radius 2 is 1.44 bits per heavy atom. The Morgan fingerprint density at radius 1 is 0.853 bits per heavy atom. The molecule has 10 heteroatoms. The number of carbonyl (C=O) groups is 1. The molecule has 0 bridgehead atoms. The molecule has 2 aliphatic rings. The van der Waals surface area contributed by atoms with Crippen LogP contribution in [0.15, 0.2) is 48.5 Å². The monoisotopic (exact) mass is 502 g/mol. The minimum atomic E-state index is -5.00. The second-order valence-electron chi connectivity index (χ2n) is 8.57. The minimum absolute atomic E-state index is 0.0458. The summed E-state index contributed by atoms with van der Waals surface area (Å²) >= 11 is 1.88. The molecule has 2 heterocycles. The van der Waals surface area contributed by atoms with E-state index in [0.717, 1.165) is 30.2 Å². The number of hydrogen-bond donors (Lipinski definition) is 0. The Labute approximate surface area is 198 Å². The molecule has 2 aliphatic heterocycles. The Kier molecular flexibility index (Phi) is 7.19. The number of hydrogen-bond acceptors (Lipinski definition) is 3. The third kappa shape index (κ3) is 5.54. The van der Waals surface area contributed by atoms with Crippen LogP contribution < -0.4 is 0 Å². The van der Waals surface area contributed by atoms with E-state index in [2.05, 4.69) is 4.90 Å². The summed E-state index contributed by atoms with van der Waals surface area (Å²) in [5.74, 6) is 1.11. The van der Waals surface area contributed by atoms with Crippen LogP contribution >= 0.6 is 11.8 Å². The van der Waals surface area contributed by atoms with Crippen molar-refractivity contribution in [1.29, 1.82) is 0 Å². The molecule has 184 valence electrons. The van der Waals surface area contributed by atoms with Crippen LogP contribution in [0.25, 0.3) is 0 Å². The molecular weight excluding hydrogens is 478 g/mol. The Morgan fingerprint density at radius 3 is 2.00 bits per heavy atom. The smallest absolute Gasteiger partial charge is 0.338 e. The number of amides is 1. The number of likely N-dealkylation sites (tertiary alicyclic amines) is 1. The zero-order valence-electron chi connectivity index (χ0n) is 18.2. The van der Waals surface area contributed by atoms with Gasteiger partial charge in [-0.25, -0.2) is 0 Å². The Hall–Kier alpha value is -2.20. The molecule has 0 spiro atoms. The predicted octanol–water partition coefficient (Wildman–Crippen LogP) is 5.77. The van der Waals surface area contributed by atoms with Gasteiger partial charge in [0.05, 0.1) is 11.1 Å². The van der Waals surface area contributed by atoms with Crippen LogP contribution in [0.2, 0.25) is 0 Å². The van der Waals surface area contributed by atoms with Crippen LogP contribution in [0.5, 0.6) is 0 Å². The predicted molar refractivity (Wildman–Crippen MR) is 119 cm³/mol. The molecule has 3 nitrogen and oxygen atoms in total. The van der Waals surface area contributed by atoms with E-state index in [1.54, 1.807) is 0 Å². The zero-order valence-corrected chi connectivity index (χ0v) is 19.0. The fraction of sp³-hybridized carbons (Fsp3) is 0.458. The molecule has 0 aromatic heterocycles. The molecule has 34 heavy (non-hydrogen) atoms. The third-order valence-corrected chi connectivity index (χ3v) is 7.38. The van der Waals surface area contributed by atoms with E-state index >= 15 is 0 Å². The summed E-state index contributed by atoms with van der Waals surface area (Å²) in [6.45, 7) is 2.33. The highest BCUT2D eigenvalue weighted by Crippen LogP contribution is 2.38. The van der Waals surface area contributed by atoms with Crippen molar-refractivity contribution in [3.8, 4) is 0 Å². The number of halogens is 6. The molecule has 2 aromatic rings. The summed E-state index contributed by atoms with van der Waals surface area (Å²) < 4.78 is 79.7. The van der Waals surface area contributed by atoms with Gasteiger partial charge in [-0.15, -0.1) is 0 Å². The summed E-state index contributed by atoms with van der Waals surface area (Å²) in [5.41, 5.74) is -2.55. The quantitative estimate of drug-likeness (QED) is 0.498. The number of piperidine rings is 1. The summed E-state index contributed by atoms with van der Waals surface area (Å²) in [6, 6.07) is 10.8. The summed E-state index contributed by atoms with van der Waals surface area (Å²) in [6.07, 6.45) is -9.40. The van der Waals surface area contributed by atoms with Crippen LogP contribution in [0, 0.1) is 0 Å². The summed E-state index contributed by atoms with van der Waals surface area (Å²) in [5, 5.41) is 0. The summed E-state index contributed by atoms with van der Waals surface area (Å²) in [7, 11) is 0. The maximum atomic E-state index is 13.3. The van der Waals surface area contributed by atoms with E-state index in [-0.39, 0.29) is 31.1 Å². The number of nitrogens with zero attached hydrogens (tertiary/aromatic N) is 2. The van der Waals surface area contributed by atoms with Crippen molar-refractivity contribution in [2.24, 2.45) is 0 Å². The largest absolute Gasteiger partial charge is 0.416 e. The first-order valence-corrected chi connectivity index (χ1v) is 12.1. The van der Waals surface area contributed by atoms with Gasteiger partial charge in [-0.05, 0) is 30.2 Å². The lowest BCUT2D eigenvalue weighted by Gasteiger charge is -2.45. The third-order valence-electron chi connectivity index (χ3n) is 6.44. The zero-order chi connectivity index (χ0) is 24.5. The first-order chi connectivity index (χ1) is 16.0. The normalized spacial score (nSPS) is 22.6. The standard InChI is InChI=1S/C24H24F6N2OS/c25-23(26,27)18-12-17(13-19(14-18)24(28,29)30)22(33)32-7-6-21(31-8-10-34-11-9-31)20(15-32)16-4-2-1-3-5-16/h1-5,12-14,20-21H,6-11,15H2/t20-,21-/m0/s1. The van der Waals surface area contributed by atoms with Crippen molar-refractivity contribution in [2.45, 2.75) is 30.7 Å². The minimum Gasteiger partial charge on any atom is -0.338 e. The molecule has 0 radical (unpaired) electrons. The topological polar surface area (TPSA) is 23.6 Å². The lowest BCUT2D eigenvalue weighted by Crippen LogP contribution is -2.53. The highest BCUT2D eigenvalue weighted by atomic mass is 32.2. The van der Waals surface area contributed by atoms with Crippen molar-refractivity contribution in [3.63, 3.8) is 0 Å². The second-order valence-corrected chi connectivity index (χ2v) is 9.79. The van der Waals surface area contributed by atoms with Crippen LogP contribution in [0.1, 0.15) is 39.4 Å². The molecule has 2 fully saturated rings. The van der Waals surface area contributed by atoms with E-state index in [1.165, 1.54) is 4.90 Å². The van der Waals surface area contributed by atoms with Gasteiger partial charge in [0.15, 0.2) is 0 Å². The van der Waals surface area contributed by atoms with Crippen molar-refractivity contribution < 1.29 is 31.1 Å².